The number of aromatic nitrogens is 1. The molecule has 0 bridgehead atoms. The van der Waals surface area contributed by atoms with Gasteiger partial charge in [-0.3, -0.25) is 0 Å². The molecule has 1 aliphatic heterocycles. The maximum Gasteiger partial charge on any atom is 0.333 e. The molecule has 19 heavy (non-hydrogen) atoms. The minimum Gasteiger partial charge on any atom is -0.458 e. The van der Waals surface area contributed by atoms with Crippen LogP contribution < -0.4 is 5.32 Å². The Morgan fingerprint density at radius 3 is 2.89 bits per heavy atom. The molecule has 0 spiro atoms. The predicted octanol–water partition coefficient (Wildman–Crippen LogP) is 2.37. The van der Waals surface area contributed by atoms with Crippen molar-refractivity contribution in [3.8, 4) is 6.07 Å². The van der Waals surface area contributed by atoms with Crippen LogP contribution in [0.2, 0.25) is 0 Å². The summed E-state index contributed by atoms with van der Waals surface area (Å²) in [6.45, 7) is 5.51. The van der Waals surface area contributed by atoms with E-state index in [9.17, 15) is 10.1 Å². The Hall–Kier alpha value is -1.61. The number of rotatable bonds is 1. The molecule has 1 atom stereocenters. The number of nitriles is 1. The van der Waals surface area contributed by atoms with Crippen LogP contribution in [0.25, 0.3) is 0 Å². The summed E-state index contributed by atoms with van der Waals surface area (Å²) in [6.07, 6.45) is 1.62. The summed E-state index contributed by atoms with van der Waals surface area (Å²) < 4.78 is 6.09. The van der Waals surface area contributed by atoms with E-state index in [1.165, 1.54) is 0 Å². The number of nitrogens with one attached hydrogen (secondary N) is 1. The van der Waals surface area contributed by atoms with Gasteiger partial charge < -0.3 is 10.1 Å². The van der Waals surface area contributed by atoms with Gasteiger partial charge in [0, 0.05) is 16.2 Å². The monoisotopic (exact) mass is 323 g/mol. The van der Waals surface area contributed by atoms with Crippen molar-refractivity contribution < 1.29 is 9.53 Å². The number of hydrogen-bond donors (Lipinski definition) is 1. The normalized spacial score (nSPS) is 21.2. The van der Waals surface area contributed by atoms with Crippen LogP contribution in [0.1, 0.15) is 26.3 Å². The minimum absolute atomic E-state index is 0.178. The molecule has 0 amide bonds. The smallest absolute Gasteiger partial charge is 0.333 e. The molecule has 0 aromatic carbocycles. The zero-order valence-electron chi connectivity index (χ0n) is 11.0. The number of nitrogens with zero attached hydrogens (tertiary/aromatic N) is 2. The van der Waals surface area contributed by atoms with E-state index >= 15 is 0 Å². The predicted molar refractivity (Wildman–Crippen MR) is 73.6 cm³/mol. The van der Waals surface area contributed by atoms with E-state index < -0.39 is 17.0 Å². The number of pyridine rings is 1. The highest BCUT2D eigenvalue weighted by Gasteiger charge is 2.49. The summed E-state index contributed by atoms with van der Waals surface area (Å²) in [5.74, 6) is 0.00394. The van der Waals surface area contributed by atoms with Gasteiger partial charge in [0.1, 0.15) is 11.4 Å². The molecule has 0 saturated carbocycles. The highest BCUT2D eigenvalue weighted by molar-refractivity contribution is 9.10. The van der Waals surface area contributed by atoms with Gasteiger partial charge in [-0.2, -0.15) is 5.26 Å². The third-order valence-corrected chi connectivity index (χ3v) is 3.21. The molecule has 1 N–H and O–H groups in total. The fraction of sp³-hybridized carbons (Fsp3) is 0.462. The van der Waals surface area contributed by atoms with Gasteiger partial charge >= 0.3 is 5.97 Å². The average molecular weight is 324 g/mol. The van der Waals surface area contributed by atoms with Crippen LogP contribution in [0, 0.1) is 11.3 Å². The average Bonchev–Trinajstić information content (AvgIpc) is 2.66. The van der Waals surface area contributed by atoms with Gasteiger partial charge in [0.25, 0.3) is 0 Å². The molecule has 0 aliphatic carbocycles. The van der Waals surface area contributed by atoms with Gasteiger partial charge in [0.05, 0.1) is 12.6 Å². The Bertz CT molecular complexity index is 574. The molecule has 1 aliphatic rings. The number of halogens is 1. The van der Waals surface area contributed by atoms with Gasteiger partial charge in [-0.25, -0.2) is 9.78 Å². The lowest BCUT2D eigenvalue weighted by atomic mass is 9.84. The molecule has 1 aromatic heterocycles. The first-order valence-corrected chi connectivity index (χ1v) is 6.62. The molecule has 1 aromatic rings. The van der Waals surface area contributed by atoms with Crippen molar-refractivity contribution in [2.24, 2.45) is 0 Å². The lowest BCUT2D eigenvalue weighted by Gasteiger charge is -2.26. The quantitative estimate of drug-likeness (QED) is 0.803. The maximum absolute atomic E-state index is 12.4. The first-order chi connectivity index (χ1) is 8.78. The highest BCUT2D eigenvalue weighted by Crippen LogP contribution is 2.38. The van der Waals surface area contributed by atoms with E-state index in [0.29, 0.717) is 11.4 Å². The second-order valence-corrected chi connectivity index (χ2v) is 6.34. The molecular weight excluding hydrogens is 310 g/mol. The van der Waals surface area contributed by atoms with Crippen molar-refractivity contribution in [3.05, 3.63) is 22.3 Å². The topological polar surface area (TPSA) is 75.0 Å². The molecule has 0 radical (unpaired) electrons. The van der Waals surface area contributed by atoms with Crippen LogP contribution in [0.4, 0.5) is 5.82 Å². The molecule has 0 saturated heterocycles. The van der Waals surface area contributed by atoms with Gasteiger partial charge in [-0.05, 0) is 42.8 Å². The second kappa shape index (κ2) is 4.49. The first kappa shape index (κ1) is 13.8. The van der Waals surface area contributed by atoms with E-state index in [0.717, 1.165) is 4.47 Å². The molecule has 1 unspecified atom stereocenters. The summed E-state index contributed by atoms with van der Waals surface area (Å²) >= 11 is 3.30. The highest BCUT2D eigenvalue weighted by atomic mass is 79.9. The summed E-state index contributed by atoms with van der Waals surface area (Å²) in [5, 5.41) is 12.5. The standard InChI is InChI=1S/C13H14BrN3O2/c1-12(2,3)19-11(18)13(6-15)7-17-10-9(13)4-8(14)5-16-10/h4-5H,7H2,1-3H3,(H,16,17). The number of fused-ring (bicyclic) bond motifs is 1. The number of anilines is 1. The van der Waals surface area contributed by atoms with E-state index in [1.54, 1.807) is 33.0 Å². The van der Waals surface area contributed by atoms with Gasteiger partial charge in [0.15, 0.2) is 5.41 Å². The first-order valence-electron chi connectivity index (χ1n) is 5.83. The van der Waals surface area contributed by atoms with Gasteiger partial charge in [-0.15, -0.1) is 0 Å². The van der Waals surface area contributed by atoms with Crippen LogP contribution in [0.5, 0.6) is 0 Å². The fourth-order valence-electron chi connectivity index (χ4n) is 1.91. The SMILES string of the molecule is CC(C)(C)OC(=O)C1(C#N)CNc2ncc(Br)cc21. The molecule has 5 nitrogen and oxygen atoms in total. The fourth-order valence-corrected chi connectivity index (χ4v) is 2.24. The lowest BCUT2D eigenvalue weighted by Crippen LogP contribution is -2.41. The molecule has 100 valence electrons. The van der Waals surface area contributed by atoms with Crippen LogP contribution in [-0.2, 0) is 14.9 Å². The van der Waals surface area contributed by atoms with E-state index in [4.69, 9.17) is 4.74 Å². The maximum atomic E-state index is 12.4. The van der Waals surface area contributed by atoms with Crippen LogP contribution >= 0.6 is 15.9 Å². The van der Waals surface area contributed by atoms with Crippen molar-refractivity contribution >= 4 is 27.7 Å². The Morgan fingerprint density at radius 1 is 1.63 bits per heavy atom. The summed E-state index contributed by atoms with van der Waals surface area (Å²) in [5.41, 5.74) is -1.42. The van der Waals surface area contributed by atoms with Gasteiger partial charge in [0.2, 0.25) is 0 Å². The third-order valence-electron chi connectivity index (χ3n) is 2.77. The number of esters is 1. The molecule has 6 heteroatoms. The van der Waals surface area contributed by atoms with Crippen LogP contribution in [0.15, 0.2) is 16.7 Å². The largest absolute Gasteiger partial charge is 0.458 e. The van der Waals surface area contributed by atoms with Crippen molar-refractivity contribution in [1.82, 2.24) is 4.98 Å². The van der Waals surface area contributed by atoms with E-state index in [1.807, 2.05) is 0 Å². The summed E-state index contributed by atoms with van der Waals surface area (Å²) in [6, 6.07) is 3.82. The molecule has 0 fully saturated rings. The zero-order chi connectivity index (χ0) is 14.3. The van der Waals surface area contributed by atoms with E-state index in [-0.39, 0.29) is 6.54 Å². The summed E-state index contributed by atoms with van der Waals surface area (Å²) in [4.78, 5) is 16.5. The van der Waals surface area contributed by atoms with Crippen molar-refractivity contribution in [3.63, 3.8) is 0 Å². The van der Waals surface area contributed by atoms with Crippen LogP contribution in [-0.4, -0.2) is 23.1 Å². The zero-order valence-corrected chi connectivity index (χ0v) is 12.5. The number of hydrogen-bond acceptors (Lipinski definition) is 5. The Kier molecular flexibility index (Phi) is 3.27. The Labute approximate surface area is 120 Å². The Morgan fingerprint density at radius 2 is 2.32 bits per heavy atom. The number of ether oxygens (including phenoxy) is 1. The van der Waals surface area contributed by atoms with Gasteiger partial charge in [-0.1, -0.05) is 0 Å². The molecular formula is C13H14BrN3O2. The number of carbonyl (C=O) groups is 1. The second-order valence-electron chi connectivity index (χ2n) is 5.42. The van der Waals surface area contributed by atoms with Crippen LogP contribution in [0.3, 0.4) is 0 Å². The number of carbonyl (C=O) groups excluding carboxylic acids is 1. The molecule has 2 heterocycles. The van der Waals surface area contributed by atoms with E-state index in [2.05, 4.69) is 32.3 Å². The Balaban J connectivity index is 2.46. The minimum atomic E-state index is -1.33. The van der Waals surface area contributed by atoms with Crippen molar-refractivity contribution in [1.29, 1.82) is 5.26 Å². The van der Waals surface area contributed by atoms with Crippen molar-refractivity contribution in [2.75, 3.05) is 11.9 Å². The lowest BCUT2D eigenvalue weighted by molar-refractivity contribution is -0.159. The summed E-state index contributed by atoms with van der Waals surface area (Å²) in [7, 11) is 0. The van der Waals surface area contributed by atoms with Crippen molar-refractivity contribution in [2.45, 2.75) is 31.8 Å². The molecule has 2 rings (SSSR count). The third kappa shape index (κ3) is 2.43.